The molecule has 0 radical (unpaired) electrons. The summed E-state index contributed by atoms with van der Waals surface area (Å²) in [7, 11) is 1.72. The van der Waals surface area contributed by atoms with E-state index in [1.165, 1.54) is 5.56 Å². The second kappa shape index (κ2) is 11.6. The van der Waals surface area contributed by atoms with Crippen molar-refractivity contribution in [3.8, 4) is 0 Å². The molecule has 4 nitrogen and oxygen atoms in total. The van der Waals surface area contributed by atoms with Gasteiger partial charge in [-0.2, -0.15) is 11.8 Å². The van der Waals surface area contributed by atoms with Crippen LogP contribution in [-0.2, 0) is 4.74 Å². The Labute approximate surface area is 143 Å². The van der Waals surface area contributed by atoms with Gasteiger partial charge in [0.2, 0.25) is 0 Å². The zero-order valence-electron chi connectivity index (χ0n) is 13.6. The Bertz CT molecular complexity index is 457. The molecule has 1 atom stereocenters. The maximum Gasteiger partial charge on any atom is 0.191 e. The van der Waals surface area contributed by atoms with Crippen molar-refractivity contribution in [2.75, 3.05) is 39.6 Å². The maximum atomic E-state index is 6.07. The highest BCUT2D eigenvalue weighted by molar-refractivity contribution is 7.98. The Hall–Kier alpha value is -0.910. The van der Waals surface area contributed by atoms with Gasteiger partial charge < -0.3 is 15.4 Å². The van der Waals surface area contributed by atoms with E-state index in [-0.39, 0.29) is 0 Å². The van der Waals surface area contributed by atoms with Crippen LogP contribution in [0.1, 0.15) is 24.2 Å². The number of benzene rings is 1. The number of nitrogens with zero attached hydrogens (tertiary/aromatic N) is 1. The first kappa shape index (κ1) is 19.1. The highest BCUT2D eigenvalue weighted by Crippen LogP contribution is 2.28. The van der Waals surface area contributed by atoms with Crippen molar-refractivity contribution in [1.29, 1.82) is 0 Å². The van der Waals surface area contributed by atoms with Gasteiger partial charge >= 0.3 is 0 Å². The zero-order valence-corrected chi connectivity index (χ0v) is 15.1. The van der Waals surface area contributed by atoms with E-state index in [1.54, 1.807) is 18.9 Å². The third-order valence-corrected chi connectivity index (χ3v) is 4.31. The maximum absolute atomic E-state index is 6.07. The van der Waals surface area contributed by atoms with E-state index in [9.17, 15) is 0 Å². The van der Waals surface area contributed by atoms with Crippen LogP contribution in [0.25, 0.3) is 0 Å². The SMILES string of the molecule is CCNC(=NCC(SC)c1cccc(Cl)c1)NCCCOC. The molecule has 124 valence electrons. The number of methoxy groups -OCH3 is 1. The second-order valence-corrected chi connectivity index (χ2v) is 6.25. The van der Waals surface area contributed by atoms with Gasteiger partial charge in [0.1, 0.15) is 0 Å². The van der Waals surface area contributed by atoms with E-state index in [0.29, 0.717) is 11.8 Å². The van der Waals surface area contributed by atoms with Crippen LogP contribution in [0.4, 0.5) is 0 Å². The summed E-state index contributed by atoms with van der Waals surface area (Å²) in [5.74, 6) is 0.847. The summed E-state index contributed by atoms with van der Waals surface area (Å²) in [4.78, 5) is 4.68. The van der Waals surface area contributed by atoms with Crippen LogP contribution in [0.15, 0.2) is 29.3 Å². The number of nitrogens with one attached hydrogen (secondary N) is 2. The molecule has 0 aliphatic rings. The van der Waals surface area contributed by atoms with E-state index in [0.717, 1.165) is 37.1 Å². The van der Waals surface area contributed by atoms with Crippen molar-refractivity contribution in [2.24, 2.45) is 4.99 Å². The van der Waals surface area contributed by atoms with Crippen molar-refractivity contribution in [3.05, 3.63) is 34.9 Å². The molecular weight excluding hydrogens is 318 g/mol. The number of rotatable bonds is 9. The fourth-order valence-electron chi connectivity index (χ4n) is 1.96. The Morgan fingerprint density at radius 2 is 2.23 bits per heavy atom. The Balaban J connectivity index is 2.61. The molecule has 0 spiro atoms. The molecule has 0 saturated heterocycles. The summed E-state index contributed by atoms with van der Waals surface area (Å²) in [6.07, 6.45) is 3.06. The predicted molar refractivity (Wildman–Crippen MR) is 98.2 cm³/mol. The van der Waals surface area contributed by atoms with Crippen LogP contribution in [0, 0.1) is 0 Å². The molecule has 0 bridgehead atoms. The first-order valence-electron chi connectivity index (χ1n) is 7.50. The average Bonchev–Trinajstić information content (AvgIpc) is 2.52. The number of hydrogen-bond acceptors (Lipinski definition) is 3. The molecule has 1 aromatic rings. The molecule has 1 aromatic carbocycles. The fraction of sp³-hybridized carbons (Fsp3) is 0.562. The van der Waals surface area contributed by atoms with E-state index in [4.69, 9.17) is 16.3 Å². The second-order valence-electron chi connectivity index (χ2n) is 4.77. The number of thioether (sulfide) groups is 1. The third-order valence-electron chi connectivity index (χ3n) is 3.08. The zero-order chi connectivity index (χ0) is 16.2. The monoisotopic (exact) mass is 343 g/mol. The number of aliphatic imine (C=N–C) groups is 1. The van der Waals surface area contributed by atoms with E-state index in [2.05, 4.69) is 34.9 Å². The van der Waals surface area contributed by atoms with Crippen LogP contribution in [0.2, 0.25) is 5.02 Å². The lowest BCUT2D eigenvalue weighted by molar-refractivity contribution is 0.195. The molecule has 0 aliphatic carbocycles. The molecule has 0 aliphatic heterocycles. The van der Waals surface area contributed by atoms with E-state index in [1.807, 2.05) is 18.2 Å². The van der Waals surface area contributed by atoms with Crippen LogP contribution in [-0.4, -0.2) is 45.6 Å². The minimum Gasteiger partial charge on any atom is -0.385 e. The van der Waals surface area contributed by atoms with E-state index < -0.39 is 0 Å². The molecule has 22 heavy (non-hydrogen) atoms. The van der Waals surface area contributed by atoms with Crippen LogP contribution >= 0.6 is 23.4 Å². The fourth-order valence-corrected chi connectivity index (χ4v) is 2.80. The molecule has 2 N–H and O–H groups in total. The van der Waals surface area contributed by atoms with Crippen molar-refractivity contribution < 1.29 is 4.74 Å². The smallest absolute Gasteiger partial charge is 0.191 e. The largest absolute Gasteiger partial charge is 0.385 e. The van der Waals surface area contributed by atoms with Gasteiger partial charge in [-0.3, -0.25) is 4.99 Å². The molecule has 6 heteroatoms. The number of hydrogen-bond donors (Lipinski definition) is 2. The van der Waals surface area contributed by atoms with Crippen LogP contribution in [0.5, 0.6) is 0 Å². The lowest BCUT2D eigenvalue weighted by atomic mass is 10.1. The predicted octanol–water partition coefficient (Wildman–Crippen LogP) is 3.34. The van der Waals surface area contributed by atoms with Gasteiger partial charge in [0.25, 0.3) is 0 Å². The van der Waals surface area contributed by atoms with Crippen molar-refractivity contribution in [3.63, 3.8) is 0 Å². The van der Waals surface area contributed by atoms with Gasteiger partial charge in [0, 0.05) is 37.1 Å². The van der Waals surface area contributed by atoms with E-state index >= 15 is 0 Å². The van der Waals surface area contributed by atoms with Gasteiger partial charge in [0.15, 0.2) is 5.96 Å². The molecular formula is C16H26ClN3OS. The molecule has 1 unspecified atom stereocenters. The minimum absolute atomic E-state index is 0.299. The van der Waals surface area contributed by atoms with Crippen molar-refractivity contribution in [1.82, 2.24) is 10.6 Å². The first-order chi connectivity index (χ1) is 10.7. The third kappa shape index (κ3) is 7.38. The summed E-state index contributed by atoms with van der Waals surface area (Å²) in [5, 5.41) is 7.65. The topological polar surface area (TPSA) is 45.7 Å². The highest BCUT2D eigenvalue weighted by Gasteiger charge is 2.10. The Morgan fingerprint density at radius 1 is 1.41 bits per heavy atom. The number of halogens is 1. The van der Waals surface area contributed by atoms with Gasteiger partial charge in [-0.15, -0.1) is 0 Å². The molecule has 0 aromatic heterocycles. The molecule has 1 rings (SSSR count). The van der Waals surface area contributed by atoms with Crippen molar-refractivity contribution >= 4 is 29.3 Å². The summed E-state index contributed by atoms with van der Waals surface area (Å²) < 4.78 is 5.05. The Kier molecular flexibility index (Phi) is 10.1. The molecule has 0 fully saturated rings. The van der Waals surface area contributed by atoms with Gasteiger partial charge in [0.05, 0.1) is 6.54 Å². The lowest BCUT2D eigenvalue weighted by Crippen LogP contribution is -2.38. The highest BCUT2D eigenvalue weighted by atomic mass is 35.5. The van der Waals surface area contributed by atoms with Crippen molar-refractivity contribution in [2.45, 2.75) is 18.6 Å². The average molecular weight is 344 g/mol. The Morgan fingerprint density at radius 3 is 2.86 bits per heavy atom. The van der Waals surface area contributed by atoms with Gasteiger partial charge in [-0.05, 0) is 37.3 Å². The normalized spacial score (nSPS) is 13.0. The van der Waals surface area contributed by atoms with Crippen LogP contribution < -0.4 is 10.6 Å². The van der Waals surface area contributed by atoms with Gasteiger partial charge in [-0.1, -0.05) is 23.7 Å². The molecule has 0 saturated carbocycles. The minimum atomic E-state index is 0.299. The number of guanidine groups is 1. The summed E-state index contributed by atoms with van der Waals surface area (Å²) in [6.45, 7) is 5.22. The summed E-state index contributed by atoms with van der Waals surface area (Å²) in [5.41, 5.74) is 1.21. The van der Waals surface area contributed by atoms with Gasteiger partial charge in [-0.25, -0.2) is 0 Å². The molecule has 0 amide bonds. The first-order valence-corrected chi connectivity index (χ1v) is 9.17. The lowest BCUT2D eigenvalue weighted by Gasteiger charge is -2.15. The standard InChI is InChI=1S/C16H26ClN3OS/c1-4-18-16(19-9-6-10-21-2)20-12-15(22-3)13-7-5-8-14(17)11-13/h5,7-8,11,15H,4,6,9-10,12H2,1-3H3,(H2,18,19,20). The molecule has 0 heterocycles. The summed E-state index contributed by atoms with van der Waals surface area (Å²) >= 11 is 7.86. The van der Waals surface area contributed by atoms with Crippen LogP contribution in [0.3, 0.4) is 0 Å². The number of ether oxygens (including phenoxy) is 1. The summed E-state index contributed by atoms with van der Waals surface area (Å²) in [6, 6.07) is 7.99. The quantitative estimate of drug-likeness (QED) is 0.410.